The van der Waals surface area contributed by atoms with E-state index in [2.05, 4.69) is 20.4 Å². The number of hydrogen-bond donors (Lipinski definition) is 2. The zero-order valence-corrected chi connectivity index (χ0v) is 12.8. The number of anilines is 2. The molecular weight excluding hydrogens is 280 g/mol. The van der Waals surface area contributed by atoms with E-state index < -0.39 is 0 Å². The minimum atomic E-state index is -0.135. The van der Waals surface area contributed by atoms with Gasteiger partial charge in [0.25, 0.3) is 5.91 Å². The van der Waals surface area contributed by atoms with Crippen LogP contribution in [0.4, 0.5) is 11.4 Å². The monoisotopic (exact) mass is 300 g/mol. The lowest BCUT2D eigenvalue weighted by Crippen LogP contribution is -2.36. The second-order valence-corrected chi connectivity index (χ2v) is 5.38. The Hall–Kier alpha value is -2.34. The van der Waals surface area contributed by atoms with E-state index in [9.17, 15) is 4.79 Å². The van der Waals surface area contributed by atoms with Gasteiger partial charge < -0.3 is 15.0 Å². The molecule has 3 rings (SSSR count). The number of hydrogen-bond acceptors (Lipinski definition) is 4. The number of para-hydroxylation sites is 2. The summed E-state index contributed by atoms with van der Waals surface area (Å²) in [4.78, 5) is 14.8. The number of ether oxygens (including phenoxy) is 1. The molecule has 1 fully saturated rings. The number of aromatic amines is 1. The van der Waals surface area contributed by atoms with Crippen LogP contribution in [-0.4, -0.2) is 42.4 Å². The van der Waals surface area contributed by atoms with Crippen LogP contribution in [0.25, 0.3) is 0 Å². The van der Waals surface area contributed by atoms with Gasteiger partial charge in [0.1, 0.15) is 0 Å². The number of amides is 1. The zero-order valence-electron chi connectivity index (χ0n) is 12.8. The number of nitrogens with one attached hydrogen (secondary N) is 2. The lowest BCUT2D eigenvalue weighted by Gasteiger charge is -2.30. The molecule has 0 bridgehead atoms. The van der Waals surface area contributed by atoms with Crippen molar-refractivity contribution in [2.45, 2.75) is 13.8 Å². The molecule has 1 aliphatic heterocycles. The molecular formula is C16H20N4O2. The van der Waals surface area contributed by atoms with Crippen molar-refractivity contribution in [3.05, 3.63) is 41.2 Å². The summed E-state index contributed by atoms with van der Waals surface area (Å²) in [5.41, 5.74) is 3.93. The summed E-state index contributed by atoms with van der Waals surface area (Å²) >= 11 is 0. The third kappa shape index (κ3) is 2.82. The molecule has 22 heavy (non-hydrogen) atoms. The normalized spacial score (nSPS) is 14.9. The van der Waals surface area contributed by atoms with Crippen LogP contribution in [-0.2, 0) is 4.74 Å². The van der Waals surface area contributed by atoms with E-state index in [-0.39, 0.29) is 5.91 Å². The molecule has 0 atom stereocenters. The third-order valence-corrected chi connectivity index (χ3v) is 3.86. The first-order chi connectivity index (χ1) is 10.7. The quantitative estimate of drug-likeness (QED) is 0.911. The Morgan fingerprint density at radius 1 is 1.27 bits per heavy atom. The number of H-pyrrole nitrogens is 1. The maximum atomic E-state index is 12.5. The summed E-state index contributed by atoms with van der Waals surface area (Å²) in [6.45, 7) is 6.76. The van der Waals surface area contributed by atoms with Crippen LogP contribution in [0.2, 0.25) is 0 Å². The Balaban J connectivity index is 1.85. The van der Waals surface area contributed by atoms with Crippen LogP contribution in [0.5, 0.6) is 0 Å². The van der Waals surface area contributed by atoms with Gasteiger partial charge in [-0.15, -0.1) is 0 Å². The first kappa shape index (κ1) is 14.6. The molecule has 1 aromatic heterocycles. The van der Waals surface area contributed by atoms with Gasteiger partial charge in [0.2, 0.25) is 0 Å². The highest BCUT2D eigenvalue weighted by atomic mass is 16.5. The Morgan fingerprint density at radius 3 is 2.68 bits per heavy atom. The predicted octanol–water partition coefficient (Wildman–Crippen LogP) is 2.12. The van der Waals surface area contributed by atoms with Crippen molar-refractivity contribution < 1.29 is 9.53 Å². The Bertz CT molecular complexity index is 655. The van der Waals surface area contributed by atoms with Crippen molar-refractivity contribution in [1.29, 1.82) is 0 Å². The molecule has 2 N–H and O–H groups in total. The van der Waals surface area contributed by atoms with E-state index in [0.717, 1.165) is 30.2 Å². The molecule has 1 aliphatic rings. The summed E-state index contributed by atoms with van der Waals surface area (Å²) in [6.07, 6.45) is 0. The smallest absolute Gasteiger partial charge is 0.259 e. The van der Waals surface area contributed by atoms with Crippen molar-refractivity contribution in [3.8, 4) is 0 Å². The molecule has 6 heteroatoms. The van der Waals surface area contributed by atoms with E-state index in [1.807, 2.05) is 38.1 Å². The minimum absolute atomic E-state index is 0.135. The SMILES string of the molecule is Cc1n[nH]c(C)c1C(=O)Nc1ccccc1N1CCOCC1. The van der Waals surface area contributed by atoms with Crippen molar-refractivity contribution >= 4 is 17.3 Å². The van der Waals surface area contributed by atoms with Crippen LogP contribution in [0.1, 0.15) is 21.7 Å². The molecule has 0 spiro atoms. The van der Waals surface area contributed by atoms with Crippen molar-refractivity contribution in [2.24, 2.45) is 0 Å². The Kier molecular flexibility index (Phi) is 4.11. The average molecular weight is 300 g/mol. The van der Waals surface area contributed by atoms with Gasteiger partial charge in [-0.1, -0.05) is 12.1 Å². The number of aryl methyl sites for hydroxylation is 2. The summed E-state index contributed by atoms with van der Waals surface area (Å²) in [7, 11) is 0. The number of rotatable bonds is 3. The largest absolute Gasteiger partial charge is 0.378 e. The fraction of sp³-hybridized carbons (Fsp3) is 0.375. The standard InChI is InChI=1S/C16H20N4O2/c1-11-15(12(2)19-18-11)16(21)17-13-5-3-4-6-14(13)20-7-9-22-10-8-20/h3-6H,7-10H2,1-2H3,(H,17,21)(H,18,19). The number of benzene rings is 1. The molecule has 116 valence electrons. The Morgan fingerprint density at radius 2 is 2.00 bits per heavy atom. The lowest BCUT2D eigenvalue weighted by atomic mass is 10.1. The van der Waals surface area contributed by atoms with Crippen molar-refractivity contribution in [3.63, 3.8) is 0 Å². The molecule has 1 aromatic carbocycles. The van der Waals surface area contributed by atoms with Crippen LogP contribution in [0, 0.1) is 13.8 Å². The highest BCUT2D eigenvalue weighted by Gasteiger charge is 2.19. The van der Waals surface area contributed by atoms with Gasteiger partial charge in [-0.05, 0) is 26.0 Å². The molecule has 1 amide bonds. The highest BCUT2D eigenvalue weighted by Crippen LogP contribution is 2.27. The van der Waals surface area contributed by atoms with Gasteiger partial charge in [-0.2, -0.15) is 5.10 Å². The molecule has 2 aromatic rings. The number of carbonyl (C=O) groups is 1. The van der Waals surface area contributed by atoms with Gasteiger partial charge in [0.15, 0.2) is 0 Å². The van der Waals surface area contributed by atoms with Crippen molar-refractivity contribution in [2.75, 3.05) is 36.5 Å². The van der Waals surface area contributed by atoms with Crippen LogP contribution in [0.15, 0.2) is 24.3 Å². The molecule has 0 aliphatic carbocycles. The molecule has 6 nitrogen and oxygen atoms in total. The summed E-state index contributed by atoms with van der Waals surface area (Å²) in [6, 6.07) is 7.85. The van der Waals surface area contributed by atoms with E-state index in [0.29, 0.717) is 24.5 Å². The number of carbonyl (C=O) groups excluding carboxylic acids is 1. The topological polar surface area (TPSA) is 70.2 Å². The first-order valence-electron chi connectivity index (χ1n) is 7.41. The second-order valence-electron chi connectivity index (χ2n) is 5.38. The maximum absolute atomic E-state index is 12.5. The van der Waals surface area contributed by atoms with Crippen LogP contribution >= 0.6 is 0 Å². The number of morpholine rings is 1. The second kappa shape index (κ2) is 6.19. The highest BCUT2D eigenvalue weighted by molar-refractivity contribution is 6.07. The zero-order chi connectivity index (χ0) is 15.5. The van der Waals surface area contributed by atoms with E-state index in [1.165, 1.54) is 0 Å². The third-order valence-electron chi connectivity index (χ3n) is 3.86. The fourth-order valence-electron chi connectivity index (χ4n) is 2.73. The molecule has 0 unspecified atom stereocenters. The van der Waals surface area contributed by atoms with Gasteiger partial charge in [0, 0.05) is 18.8 Å². The van der Waals surface area contributed by atoms with E-state index in [1.54, 1.807) is 0 Å². The summed E-state index contributed by atoms with van der Waals surface area (Å²) in [5.74, 6) is -0.135. The predicted molar refractivity (Wildman–Crippen MR) is 85.5 cm³/mol. The maximum Gasteiger partial charge on any atom is 0.259 e. The van der Waals surface area contributed by atoms with Gasteiger partial charge in [0.05, 0.1) is 35.8 Å². The summed E-state index contributed by atoms with van der Waals surface area (Å²) in [5, 5.41) is 9.93. The van der Waals surface area contributed by atoms with E-state index in [4.69, 9.17) is 4.74 Å². The van der Waals surface area contributed by atoms with Crippen LogP contribution in [0.3, 0.4) is 0 Å². The number of nitrogens with zero attached hydrogens (tertiary/aromatic N) is 2. The minimum Gasteiger partial charge on any atom is -0.378 e. The fourth-order valence-corrected chi connectivity index (χ4v) is 2.73. The molecule has 2 heterocycles. The summed E-state index contributed by atoms with van der Waals surface area (Å²) < 4.78 is 5.39. The van der Waals surface area contributed by atoms with Gasteiger partial charge in [-0.25, -0.2) is 0 Å². The number of aromatic nitrogens is 2. The van der Waals surface area contributed by atoms with Crippen LogP contribution < -0.4 is 10.2 Å². The lowest BCUT2D eigenvalue weighted by molar-refractivity contribution is 0.102. The first-order valence-corrected chi connectivity index (χ1v) is 7.41. The van der Waals surface area contributed by atoms with E-state index >= 15 is 0 Å². The van der Waals surface area contributed by atoms with Crippen molar-refractivity contribution in [1.82, 2.24) is 10.2 Å². The Labute approximate surface area is 129 Å². The average Bonchev–Trinajstić information content (AvgIpc) is 2.87. The molecule has 0 radical (unpaired) electrons. The molecule has 1 saturated heterocycles. The molecule has 0 saturated carbocycles. The van der Waals surface area contributed by atoms with Gasteiger partial charge in [-0.3, -0.25) is 9.89 Å². The van der Waals surface area contributed by atoms with Gasteiger partial charge >= 0.3 is 0 Å².